The molecular weight excluding hydrogens is 445 g/mol. The van der Waals surface area contributed by atoms with Gasteiger partial charge in [-0.1, -0.05) is 19.1 Å². The van der Waals surface area contributed by atoms with Gasteiger partial charge in [-0.05, 0) is 71.8 Å². The minimum Gasteiger partial charge on any atom is -0.490 e. The van der Waals surface area contributed by atoms with Gasteiger partial charge in [0, 0.05) is 0 Å². The van der Waals surface area contributed by atoms with Crippen LogP contribution in [0.4, 0.5) is 0 Å². The van der Waals surface area contributed by atoms with Gasteiger partial charge in [0.05, 0.1) is 26.8 Å². The highest BCUT2D eigenvalue weighted by Gasteiger charge is 2.07. The fourth-order valence-corrected chi connectivity index (χ4v) is 3.04. The monoisotopic (exact) mass is 463 g/mol. The van der Waals surface area contributed by atoms with Crippen LogP contribution in [0.5, 0.6) is 5.75 Å². The number of H-pyrrole nitrogens is 1. The molecule has 1 atom stereocenters. The molecule has 0 radical (unpaired) electrons. The molecule has 0 fully saturated rings. The lowest BCUT2D eigenvalue weighted by Crippen LogP contribution is -2.32. The van der Waals surface area contributed by atoms with Crippen LogP contribution < -0.4 is 16.0 Å². The predicted molar refractivity (Wildman–Crippen MR) is 111 cm³/mol. The summed E-state index contributed by atoms with van der Waals surface area (Å²) in [5, 5.41) is 4.48. The van der Waals surface area contributed by atoms with Crippen molar-refractivity contribution in [3.05, 3.63) is 72.4 Å². The van der Waals surface area contributed by atoms with Crippen molar-refractivity contribution in [2.24, 2.45) is 5.10 Å². The lowest BCUT2D eigenvalue weighted by atomic mass is 10.2. The van der Waals surface area contributed by atoms with Crippen molar-refractivity contribution < 1.29 is 4.74 Å². The Hall–Kier alpha value is -2.42. The molecular formula is C19H18IN3O3. The van der Waals surface area contributed by atoms with Gasteiger partial charge in [-0.15, -0.1) is 4.68 Å². The summed E-state index contributed by atoms with van der Waals surface area (Å²) in [7, 11) is 0. The first-order chi connectivity index (χ1) is 12.5. The Morgan fingerprint density at radius 3 is 2.77 bits per heavy atom. The Morgan fingerprint density at radius 2 is 2.04 bits per heavy atom. The van der Waals surface area contributed by atoms with Gasteiger partial charge in [-0.2, -0.15) is 5.10 Å². The lowest BCUT2D eigenvalue weighted by molar-refractivity contribution is 0.216. The van der Waals surface area contributed by atoms with E-state index in [1.165, 1.54) is 6.21 Å². The molecule has 26 heavy (non-hydrogen) atoms. The number of ether oxygens (including phenoxy) is 1. The van der Waals surface area contributed by atoms with E-state index in [0.717, 1.165) is 26.0 Å². The van der Waals surface area contributed by atoms with Crippen LogP contribution in [-0.4, -0.2) is 22.0 Å². The average molecular weight is 463 g/mol. The molecule has 0 bridgehead atoms. The molecule has 1 aromatic heterocycles. The third kappa shape index (κ3) is 3.87. The molecule has 1 heterocycles. The number of nitrogens with zero attached hydrogens (tertiary/aromatic N) is 2. The van der Waals surface area contributed by atoms with Gasteiger partial charge in [-0.25, -0.2) is 4.79 Å². The Bertz CT molecular complexity index is 1090. The number of para-hydroxylation sites is 1. The standard InChI is InChI=1S/C19H18IN3O3/c1-3-12(2)26-17-9-8-13(10-15(17)20)11-21-23-18(24)14-6-4-5-7-16(14)22-19(23)25/h4-12H,3H2,1-2H3,(H,22,25)/t12-/m0/s1. The fraction of sp³-hybridized carbons (Fsp3) is 0.211. The van der Waals surface area contributed by atoms with Crippen molar-refractivity contribution in [3.8, 4) is 5.75 Å². The van der Waals surface area contributed by atoms with E-state index in [-0.39, 0.29) is 6.10 Å². The quantitative estimate of drug-likeness (QED) is 0.466. The van der Waals surface area contributed by atoms with E-state index in [4.69, 9.17) is 4.74 Å². The molecule has 134 valence electrons. The summed E-state index contributed by atoms with van der Waals surface area (Å²) in [6.45, 7) is 4.08. The van der Waals surface area contributed by atoms with Crippen LogP contribution in [0, 0.1) is 3.57 Å². The number of aromatic nitrogens is 2. The van der Waals surface area contributed by atoms with Crippen LogP contribution in [0.3, 0.4) is 0 Å². The number of hydrogen-bond acceptors (Lipinski definition) is 4. The molecule has 0 saturated heterocycles. The Kier molecular flexibility index (Phi) is 5.55. The minimum absolute atomic E-state index is 0.137. The largest absolute Gasteiger partial charge is 0.490 e. The van der Waals surface area contributed by atoms with E-state index < -0.39 is 11.2 Å². The first kappa shape index (κ1) is 18.4. The molecule has 3 aromatic rings. The van der Waals surface area contributed by atoms with Crippen molar-refractivity contribution in [2.75, 3.05) is 0 Å². The van der Waals surface area contributed by atoms with E-state index in [2.05, 4.69) is 39.6 Å². The molecule has 6 nitrogen and oxygen atoms in total. The number of fused-ring (bicyclic) bond motifs is 1. The zero-order chi connectivity index (χ0) is 18.7. The number of aromatic amines is 1. The molecule has 0 unspecified atom stereocenters. The summed E-state index contributed by atoms with van der Waals surface area (Å²) in [5.41, 5.74) is 0.240. The number of benzene rings is 2. The maximum atomic E-state index is 12.5. The van der Waals surface area contributed by atoms with Gasteiger partial charge in [0.2, 0.25) is 0 Å². The van der Waals surface area contributed by atoms with Crippen molar-refractivity contribution in [1.82, 2.24) is 9.66 Å². The van der Waals surface area contributed by atoms with E-state index in [1.54, 1.807) is 24.3 Å². The molecule has 2 aromatic carbocycles. The second-order valence-corrected chi connectivity index (χ2v) is 7.03. The van der Waals surface area contributed by atoms with Gasteiger partial charge in [0.25, 0.3) is 5.56 Å². The third-order valence-electron chi connectivity index (χ3n) is 3.97. The molecule has 7 heteroatoms. The molecule has 0 saturated carbocycles. The van der Waals surface area contributed by atoms with Crippen molar-refractivity contribution in [2.45, 2.75) is 26.4 Å². The van der Waals surface area contributed by atoms with E-state index in [9.17, 15) is 9.59 Å². The molecule has 1 N–H and O–H groups in total. The van der Waals surface area contributed by atoms with Crippen molar-refractivity contribution >= 4 is 39.7 Å². The van der Waals surface area contributed by atoms with Crippen LogP contribution >= 0.6 is 22.6 Å². The lowest BCUT2D eigenvalue weighted by Gasteiger charge is -2.14. The highest BCUT2D eigenvalue weighted by Crippen LogP contribution is 2.23. The van der Waals surface area contributed by atoms with Gasteiger partial charge < -0.3 is 9.72 Å². The minimum atomic E-state index is -0.573. The third-order valence-corrected chi connectivity index (χ3v) is 4.81. The van der Waals surface area contributed by atoms with Gasteiger partial charge in [0.15, 0.2) is 0 Å². The van der Waals surface area contributed by atoms with Gasteiger partial charge >= 0.3 is 5.69 Å². The van der Waals surface area contributed by atoms with E-state index >= 15 is 0 Å². The predicted octanol–water partition coefficient (Wildman–Crippen LogP) is 3.35. The van der Waals surface area contributed by atoms with Crippen molar-refractivity contribution in [3.63, 3.8) is 0 Å². The summed E-state index contributed by atoms with van der Waals surface area (Å²) in [5.74, 6) is 0.804. The highest BCUT2D eigenvalue weighted by atomic mass is 127. The van der Waals surface area contributed by atoms with Crippen LogP contribution in [0.15, 0.2) is 57.2 Å². The van der Waals surface area contributed by atoms with E-state index in [0.29, 0.717) is 10.9 Å². The molecule has 0 amide bonds. The SMILES string of the molecule is CC[C@H](C)Oc1ccc(C=Nn2c(=O)[nH]c3ccccc3c2=O)cc1I. The van der Waals surface area contributed by atoms with Crippen LogP contribution in [0.25, 0.3) is 10.9 Å². The number of hydrogen-bond donors (Lipinski definition) is 1. The normalized spacial score (nSPS) is 12.6. The second kappa shape index (κ2) is 7.86. The van der Waals surface area contributed by atoms with Gasteiger partial charge in [-0.3, -0.25) is 4.79 Å². The molecule has 0 aliphatic heterocycles. The van der Waals surface area contributed by atoms with Crippen LogP contribution in [-0.2, 0) is 0 Å². The number of halogens is 1. The molecule has 0 aliphatic carbocycles. The highest BCUT2D eigenvalue weighted by molar-refractivity contribution is 14.1. The fourth-order valence-electron chi connectivity index (χ4n) is 2.38. The summed E-state index contributed by atoms with van der Waals surface area (Å²) >= 11 is 2.19. The number of nitrogens with one attached hydrogen (secondary N) is 1. The van der Waals surface area contributed by atoms with E-state index in [1.807, 2.05) is 25.1 Å². The maximum absolute atomic E-state index is 12.5. The zero-order valence-corrected chi connectivity index (χ0v) is 16.6. The summed E-state index contributed by atoms with van der Waals surface area (Å²) in [4.78, 5) is 27.2. The zero-order valence-electron chi connectivity index (χ0n) is 14.4. The molecule has 0 aliphatic rings. The van der Waals surface area contributed by atoms with Crippen molar-refractivity contribution in [1.29, 1.82) is 0 Å². The Labute approximate surface area is 163 Å². The maximum Gasteiger partial charge on any atom is 0.349 e. The van der Waals surface area contributed by atoms with Crippen LogP contribution in [0.1, 0.15) is 25.8 Å². The van der Waals surface area contributed by atoms with Gasteiger partial charge in [0.1, 0.15) is 5.75 Å². The topological polar surface area (TPSA) is 76.5 Å². The first-order valence-corrected chi connectivity index (χ1v) is 9.32. The summed E-state index contributed by atoms with van der Waals surface area (Å²) < 4.78 is 7.61. The number of rotatable bonds is 5. The van der Waals surface area contributed by atoms with Crippen LogP contribution in [0.2, 0.25) is 0 Å². The second-order valence-electron chi connectivity index (χ2n) is 5.86. The molecule has 0 spiro atoms. The summed E-state index contributed by atoms with van der Waals surface area (Å²) in [6, 6.07) is 12.4. The Balaban J connectivity index is 1.93. The smallest absolute Gasteiger partial charge is 0.349 e. The molecule has 3 rings (SSSR count). The first-order valence-electron chi connectivity index (χ1n) is 8.24. The Morgan fingerprint density at radius 1 is 1.27 bits per heavy atom. The average Bonchev–Trinajstić information content (AvgIpc) is 2.63. The summed E-state index contributed by atoms with van der Waals surface area (Å²) in [6.07, 6.45) is 2.55.